The van der Waals surface area contributed by atoms with Gasteiger partial charge >= 0.3 is 5.69 Å². The highest BCUT2D eigenvalue weighted by Gasteiger charge is 2.24. The fourth-order valence-corrected chi connectivity index (χ4v) is 3.12. The predicted octanol–water partition coefficient (Wildman–Crippen LogP) is 0.282. The number of aromatic nitrogens is 2. The second kappa shape index (κ2) is 6.24. The molecule has 3 rings (SSSR count). The molecule has 0 unspecified atom stereocenters. The normalized spacial score (nSPS) is 14.5. The van der Waals surface area contributed by atoms with Gasteiger partial charge in [0.1, 0.15) is 11.9 Å². The maximum atomic E-state index is 12.2. The molecule has 7 nitrogen and oxygen atoms in total. The van der Waals surface area contributed by atoms with Gasteiger partial charge in [-0.05, 0) is 12.1 Å². The number of hydrogen-bond donors (Lipinski definition) is 0. The fourth-order valence-electron chi connectivity index (χ4n) is 3.12. The molecule has 1 aromatic heterocycles. The summed E-state index contributed by atoms with van der Waals surface area (Å²) >= 11 is 0. The summed E-state index contributed by atoms with van der Waals surface area (Å²) in [5.41, 5.74) is 0.212. The third-order valence-corrected chi connectivity index (χ3v) is 4.45. The largest absolute Gasteiger partial charge is 0.368 e. The van der Waals surface area contributed by atoms with Crippen LogP contribution in [0.4, 0.5) is 11.5 Å². The lowest BCUT2D eigenvalue weighted by atomic mass is 10.2. The molecule has 0 bridgehead atoms. The van der Waals surface area contributed by atoms with Crippen LogP contribution >= 0.6 is 0 Å². The van der Waals surface area contributed by atoms with Crippen LogP contribution in [0.5, 0.6) is 0 Å². The van der Waals surface area contributed by atoms with Crippen LogP contribution in [0, 0.1) is 11.3 Å². The zero-order chi connectivity index (χ0) is 17.3. The van der Waals surface area contributed by atoms with Gasteiger partial charge in [0.2, 0.25) is 0 Å². The van der Waals surface area contributed by atoms with E-state index in [9.17, 15) is 14.9 Å². The van der Waals surface area contributed by atoms with Crippen molar-refractivity contribution in [2.75, 3.05) is 36.0 Å². The zero-order valence-electron chi connectivity index (χ0n) is 13.8. The predicted molar refractivity (Wildman–Crippen MR) is 92.5 cm³/mol. The molecular weight excluding hydrogens is 306 g/mol. The molecule has 1 aromatic carbocycles. The van der Waals surface area contributed by atoms with E-state index in [-0.39, 0.29) is 5.56 Å². The maximum absolute atomic E-state index is 12.2. The average Bonchev–Trinajstić information content (AvgIpc) is 2.63. The molecule has 2 heterocycles. The number of piperazine rings is 1. The van der Waals surface area contributed by atoms with E-state index in [0.717, 1.165) is 23.3 Å². The van der Waals surface area contributed by atoms with Crippen LogP contribution in [0.15, 0.2) is 39.9 Å². The molecule has 124 valence electrons. The van der Waals surface area contributed by atoms with E-state index in [1.54, 1.807) is 7.05 Å². The fraction of sp³-hybridized carbons (Fsp3) is 0.353. The minimum atomic E-state index is -0.541. The summed E-state index contributed by atoms with van der Waals surface area (Å²) in [6.45, 7) is 2.81. The lowest BCUT2D eigenvalue weighted by molar-refractivity contribution is 0.608. The Balaban J connectivity index is 1.92. The van der Waals surface area contributed by atoms with Gasteiger partial charge in [-0.15, -0.1) is 0 Å². The van der Waals surface area contributed by atoms with Crippen LogP contribution in [0.1, 0.15) is 5.56 Å². The Kier molecular flexibility index (Phi) is 4.13. The molecule has 0 spiro atoms. The molecule has 0 amide bonds. The van der Waals surface area contributed by atoms with Gasteiger partial charge in [-0.3, -0.25) is 13.9 Å². The van der Waals surface area contributed by atoms with E-state index in [1.165, 1.54) is 11.6 Å². The summed E-state index contributed by atoms with van der Waals surface area (Å²) in [4.78, 5) is 28.6. The maximum Gasteiger partial charge on any atom is 0.332 e. The lowest BCUT2D eigenvalue weighted by Gasteiger charge is -2.38. The Morgan fingerprint density at radius 1 is 0.917 bits per heavy atom. The van der Waals surface area contributed by atoms with Gasteiger partial charge in [-0.25, -0.2) is 4.79 Å². The van der Waals surface area contributed by atoms with Crippen LogP contribution in [0.2, 0.25) is 0 Å². The van der Waals surface area contributed by atoms with Crippen LogP contribution in [-0.4, -0.2) is 35.3 Å². The Bertz CT molecular complexity index is 900. The van der Waals surface area contributed by atoms with E-state index < -0.39 is 11.2 Å². The van der Waals surface area contributed by atoms with Gasteiger partial charge in [0, 0.05) is 46.0 Å². The Morgan fingerprint density at radius 3 is 2.08 bits per heavy atom. The molecule has 0 saturated carbocycles. The average molecular weight is 325 g/mol. The van der Waals surface area contributed by atoms with E-state index in [4.69, 9.17) is 0 Å². The Labute approximate surface area is 139 Å². The highest BCUT2D eigenvalue weighted by atomic mass is 16.2. The zero-order valence-corrected chi connectivity index (χ0v) is 13.8. The molecule has 1 saturated heterocycles. The highest BCUT2D eigenvalue weighted by molar-refractivity contribution is 5.55. The topological polar surface area (TPSA) is 74.3 Å². The van der Waals surface area contributed by atoms with E-state index in [0.29, 0.717) is 18.9 Å². The summed E-state index contributed by atoms with van der Waals surface area (Å²) in [6, 6.07) is 12.1. The van der Waals surface area contributed by atoms with Gasteiger partial charge < -0.3 is 9.80 Å². The standard InChI is InChI=1S/C17H19N5O2/c1-19-15(14(12-18)16(23)20(2)17(19)24)22-10-8-21(9-11-22)13-6-4-3-5-7-13/h3-7H,8-11H2,1-2H3. The molecular formula is C17H19N5O2. The molecule has 0 radical (unpaired) electrons. The van der Waals surface area contributed by atoms with Crippen molar-refractivity contribution in [3.63, 3.8) is 0 Å². The number of hydrogen-bond acceptors (Lipinski definition) is 5. The van der Waals surface area contributed by atoms with Crippen molar-refractivity contribution >= 4 is 11.5 Å². The summed E-state index contributed by atoms with van der Waals surface area (Å²) < 4.78 is 2.36. The van der Waals surface area contributed by atoms with Crippen LogP contribution in [-0.2, 0) is 14.1 Å². The molecule has 0 atom stereocenters. The first-order chi connectivity index (χ1) is 11.5. The van der Waals surface area contributed by atoms with Crippen molar-refractivity contribution in [3.05, 3.63) is 56.7 Å². The first-order valence-corrected chi connectivity index (χ1v) is 7.79. The summed E-state index contributed by atoms with van der Waals surface area (Å²) in [5.74, 6) is 0.415. The first-order valence-electron chi connectivity index (χ1n) is 7.79. The van der Waals surface area contributed by atoms with Crippen molar-refractivity contribution in [3.8, 4) is 6.07 Å². The van der Waals surface area contributed by atoms with Gasteiger partial charge in [0.05, 0.1) is 0 Å². The molecule has 7 heteroatoms. The lowest BCUT2D eigenvalue weighted by Crippen LogP contribution is -2.50. The quantitative estimate of drug-likeness (QED) is 0.793. The second-order valence-corrected chi connectivity index (χ2v) is 5.83. The smallest absolute Gasteiger partial charge is 0.332 e. The van der Waals surface area contributed by atoms with E-state index >= 15 is 0 Å². The van der Waals surface area contributed by atoms with Crippen LogP contribution in [0.3, 0.4) is 0 Å². The number of nitrogens with zero attached hydrogens (tertiary/aromatic N) is 5. The van der Waals surface area contributed by atoms with Crippen LogP contribution < -0.4 is 21.0 Å². The van der Waals surface area contributed by atoms with Crippen LogP contribution in [0.25, 0.3) is 0 Å². The minimum Gasteiger partial charge on any atom is -0.368 e. The Morgan fingerprint density at radius 2 is 1.50 bits per heavy atom. The first kappa shape index (κ1) is 15.9. The van der Waals surface area contributed by atoms with E-state index in [1.807, 2.05) is 29.2 Å². The number of benzene rings is 1. The number of para-hydroxylation sites is 1. The third-order valence-electron chi connectivity index (χ3n) is 4.45. The van der Waals surface area contributed by atoms with Crippen molar-refractivity contribution < 1.29 is 0 Å². The molecule has 0 aliphatic carbocycles. The third kappa shape index (κ3) is 2.56. The van der Waals surface area contributed by atoms with Crippen molar-refractivity contribution in [1.29, 1.82) is 5.26 Å². The summed E-state index contributed by atoms with van der Waals surface area (Å²) in [6.07, 6.45) is 0. The number of nitriles is 1. The van der Waals surface area contributed by atoms with Crippen molar-refractivity contribution in [1.82, 2.24) is 9.13 Å². The van der Waals surface area contributed by atoms with E-state index in [2.05, 4.69) is 17.0 Å². The molecule has 24 heavy (non-hydrogen) atoms. The monoisotopic (exact) mass is 325 g/mol. The SMILES string of the molecule is Cn1c(N2CCN(c3ccccc3)CC2)c(C#N)c(=O)n(C)c1=O. The second-order valence-electron chi connectivity index (χ2n) is 5.83. The minimum absolute atomic E-state index is 0.0211. The number of anilines is 2. The summed E-state index contributed by atoms with van der Waals surface area (Å²) in [7, 11) is 2.99. The van der Waals surface area contributed by atoms with Crippen molar-refractivity contribution in [2.45, 2.75) is 0 Å². The highest BCUT2D eigenvalue weighted by Crippen LogP contribution is 2.20. The number of rotatable bonds is 2. The van der Waals surface area contributed by atoms with Gasteiger partial charge in [-0.1, -0.05) is 18.2 Å². The molecule has 1 aliphatic rings. The molecule has 0 N–H and O–H groups in total. The molecule has 2 aromatic rings. The van der Waals surface area contributed by atoms with Crippen molar-refractivity contribution in [2.24, 2.45) is 14.1 Å². The van der Waals surface area contributed by atoms with Gasteiger partial charge in [-0.2, -0.15) is 5.26 Å². The summed E-state index contributed by atoms with van der Waals surface area (Å²) in [5, 5.41) is 9.38. The van der Waals surface area contributed by atoms with Gasteiger partial charge in [0.25, 0.3) is 5.56 Å². The molecule has 1 fully saturated rings. The van der Waals surface area contributed by atoms with Gasteiger partial charge in [0.15, 0.2) is 5.56 Å². The Hall–Kier alpha value is -3.01. The molecule has 1 aliphatic heterocycles.